The lowest BCUT2D eigenvalue weighted by atomic mass is 10.1. The minimum atomic E-state index is -1.38. The highest BCUT2D eigenvalue weighted by Gasteiger charge is 2.25. The fourth-order valence-electron chi connectivity index (χ4n) is 1.90. The quantitative estimate of drug-likeness (QED) is 0.936. The van der Waals surface area contributed by atoms with Crippen molar-refractivity contribution in [2.24, 2.45) is 5.92 Å². The Balaban J connectivity index is 2.58. The Hall–Kier alpha value is -2.31. The minimum Gasteiger partial charge on any atom is -0.475 e. The molecule has 0 amide bonds. The zero-order chi connectivity index (χ0) is 15.7. The summed E-state index contributed by atoms with van der Waals surface area (Å²) < 4.78 is 45.2. The number of carboxylic acids is 1. The van der Waals surface area contributed by atoms with Gasteiger partial charge in [-0.2, -0.15) is 0 Å². The van der Waals surface area contributed by atoms with E-state index in [4.69, 9.17) is 9.52 Å². The number of nitrogens with zero attached hydrogens (tertiary/aromatic N) is 1. The molecule has 0 saturated heterocycles. The standard InChI is InChI=1S/C14H12F3NO3/c1-6(2)3-10-12(14(19)20)21-13(18-10)11-8(16)4-7(15)5-9(11)17/h4-6H,3H2,1-2H3,(H,19,20). The van der Waals surface area contributed by atoms with E-state index in [1.807, 2.05) is 13.8 Å². The Labute approximate surface area is 118 Å². The molecular formula is C14H12F3NO3. The highest BCUT2D eigenvalue weighted by Crippen LogP contribution is 2.29. The van der Waals surface area contributed by atoms with Gasteiger partial charge < -0.3 is 9.52 Å². The Morgan fingerprint density at radius 2 is 1.86 bits per heavy atom. The lowest BCUT2D eigenvalue weighted by molar-refractivity contribution is 0.0661. The van der Waals surface area contributed by atoms with Gasteiger partial charge in [0.25, 0.3) is 0 Å². The molecule has 1 N–H and O–H groups in total. The molecule has 4 nitrogen and oxygen atoms in total. The van der Waals surface area contributed by atoms with Crippen LogP contribution < -0.4 is 0 Å². The average molecular weight is 299 g/mol. The molecule has 2 aromatic rings. The molecule has 7 heteroatoms. The Morgan fingerprint density at radius 3 is 2.33 bits per heavy atom. The normalized spacial score (nSPS) is 11.1. The molecule has 0 aliphatic heterocycles. The zero-order valence-electron chi connectivity index (χ0n) is 11.3. The molecule has 0 spiro atoms. The molecule has 1 aromatic heterocycles. The van der Waals surface area contributed by atoms with Crippen LogP contribution >= 0.6 is 0 Å². The van der Waals surface area contributed by atoms with Crippen molar-refractivity contribution < 1.29 is 27.5 Å². The Morgan fingerprint density at radius 1 is 1.29 bits per heavy atom. The molecule has 112 valence electrons. The smallest absolute Gasteiger partial charge is 0.373 e. The molecular weight excluding hydrogens is 287 g/mol. The van der Waals surface area contributed by atoms with Gasteiger partial charge in [0.05, 0.1) is 5.69 Å². The number of oxazole rings is 1. The first-order valence-corrected chi connectivity index (χ1v) is 6.17. The van der Waals surface area contributed by atoms with E-state index in [1.54, 1.807) is 0 Å². The summed E-state index contributed by atoms with van der Waals surface area (Å²) in [5.74, 6) is -5.79. The Kier molecular flexibility index (Phi) is 4.02. The number of carbonyl (C=O) groups is 1. The number of benzene rings is 1. The topological polar surface area (TPSA) is 63.3 Å². The van der Waals surface area contributed by atoms with Crippen molar-refractivity contribution >= 4 is 5.97 Å². The molecule has 2 rings (SSSR count). The fraction of sp³-hybridized carbons (Fsp3) is 0.286. The van der Waals surface area contributed by atoms with Crippen molar-refractivity contribution in [1.82, 2.24) is 4.98 Å². The summed E-state index contributed by atoms with van der Waals surface area (Å²) in [5, 5.41) is 9.04. The van der Waals surface area contributed by atoms with Gasteiger partial charge in [-0.15, -0.1) is 0 Å². The van der Waals surface area contributed by atoms with E-state index in [-0.39, 0.29) is 18.0 Å². The van der Waals surface area contributed by atoms with Crippen LogP contribution in [0.3, 0.4) is 0 Å². The van der Waals surface area contributed by atoms with Gasteiger partial charge in [0.15, 0.2) is 0 Å². The molecule has 0 unspecified atom stereocenters. The van der Waals surface area contributed by atoms with Crippen LogP contribution in [0.2, 0.25) is 0 Å². The minimum absolute atomic E-state index is 0.0731. The molecule has 0 fully saturated rings. The lowest BCUT2D eigenvalue weighted by Gasteiger charge is -2.01. The van der Waals surface area contributed by atoms with E-state index in [1.165, 1.54) is 0 Å². The second kappa shape index (κ2) is 5.59. The molecule has 1 aromatic carbocycles. The number of hydrogen-bond acceptors (Lipinski definition) is 3. The third-order valence-electron chi connectivity index (χ3n) is 2.71. The maximum Gasteiger partial charge on any atom is 0.373 e. The molecule has 0 aliphatic carbocycles. The van der Waals surface area contributed by atoms with Crippen molar-refractivity contribution in [2.45, 2.75) is 20.3 Å². The summed E-state index contributed by atoms with van der Waals surface area (Å²) in [5.41, 5.74) is -0.593. The Bertz CT molecular complexity index is 672. The van der Waals surface area contributed by atoms with Crippen LogP contribution in [0.15, 0.2) is 16.5 Å². The lowest BCUT2D eigenvalue weighted by Crippen LogP contribution is -2.03. The molecule has 1 heterocycles. The van der Waals surface area contributed by atoms with E-state index in [9.17, 15) is 18.0 Å². The van der Waals surface area contributed by atoms with Gasteiger partial charge in [0.2, 0.25) is 11.7 Å². The summed E-state index contributed by atoms with van der Waals surface area (Å²) in [6.45, 7) is 3.66. The second-order valence-electron chi connectivity index (χ2n) is 4.94. The van der Waals surface area contributed by atoms with Crippen molar-refractivity contribution in [3.05, 3.63) is 41.0 Å². The number of aromatic nitrogens is 1. The fourth-order valence-corrected chi connectivity index (χ4v) is 1.90. The SMILES string of the molecule is CC(C)Cc1nc(-c2c(F)cc(F)cc2F)oc1C(=O)O. The molecule has 0 atom stereocenters. The van der Waals surface area contributed by atoms with E-state index in [0.717, 1.165) is 0 Å². The highest BCUT2D eigenvalue weighted by atomic mass is 19.1. The summed E-state index contributed by atoms with van der Waals surface area (Å²) in [6.07, 6.45) is 0.273. The number of halogens is 3. The van der Waals surface area contributed by atoms with Crippen molar-refractivity contribution in [3.8, 4) is 11.5 Å². The predicted molar refractivity (Wildman–Crippen MR) is 67.3 cm³/mol. The number of carboxylic acid groups (broad SMARTS) is 1. The third-order valence-corrected chi connectivity index (χ3v) is 2.71. The van der Waals surface area contributed by atoms with Crippen LogP contribution in [-0.2, 0) is 6.42 Å². The summed E-state index contributed by atoms with van der Waals surface area (Å²) in [4.78, 5) is 14.9. The average Bonchev–Trinajstić information content (AvgIpc) is 2.70. The summed E-state index contributed by atoms with van der Waals surface area (Å²) in [7, 11) is 0. The van der Waals surface area contributed by atoms with Crippen LogP contribution in [0.1, 0.15) is 30.1 Å². The van der Waals surface area contributed by atoms with Crippen LogP contribution in [0.4, 0.5) is 13.2 Å². The summed E-state index contributed by atoms with van der Waals surface area (Å²) >= 11 is 0. The first-order chi connectivity index (χ1) is 9.79. The van der Waals surface area contributed by atoms with Gasteiger partial charge in [0, 0.05) is 12.1 Å². The van der Waals surface area contributed by atoms with Crippen LogP contribution in [0.25, 0.3) is 11.5 Å². The van der Waals surface area contributed by atoms with Crippen molar-refractivity contribution in [3.63, 3.8) is 0 Å². The summed E-state index contributed by atoms with van der Waals surface area (Å²) in [6, 6.07) is 0.955. The number of rotatable bonds is 4. The van der Waals surface area contributed by atoms with Gasteiger partial charge in [-0.3, -0.25) is 0 Å². The van der Waals surface area contributed by atoms with Crippen molar-refractivity contribution in [1.29, 1.82) is 0 Å². The first kappa shape index (κ1) is 15.1. The molecule has 0 saturated carbocycles. The number of hydrogen-bond donors (Lipinski definition) is 1. The first-order valence-electron chi connectivity index (χ1n) is 6.17. The van der Waals surface area contributed by atoms with E-state index < -0.39 is 40.6 Å². The molecule has 0 radical (unpaired) electrons. The maximum atomic E-state index is 13.7. The highest BCUT2D eigenvalue weighted by molar-refractivity contribution is 5.86. The van der Waals surface area contributed by atoms with Crippen molar-refractivity contribution in [2.75, 3.05) is 0 Å². The van der Waals surface area contributed by atoms with Gasteiger partial charge in [-0.05, 0) is 12.3 Å². The monoisotopic (exact) mass is 299 g/mol. The molecule has 0 aliphatic rings. The van der Waals surface area contributed by atoms with Gasteiger partial charge >= 0.3 is 5.97 Å². The zero-order valence-corrected chi connectivity index (χ0v) is 11.3. The van der Waals surface area contributed by atoms with E-state index in [0.29, 0.717) is 12.1 Å². The van der Waals surface area contributed by atoms with Crippen LogP contribution in [0, 0.1) is 23.4 Å². The van der Waals surface area contributed by atoms with Crippen LogP contribution in [-0.4, -0.2) is 16.1 Å². The molecule has 0 bridgehead atoms. The second-order valence-corrected chi connectivity index (χ2v) is 4.94. The van der Waals surface area contributed by atoms with Gasteiger partial charge in [-0.25, -0.2) is 22.9 Å². The maximum absolute atomic E-state index is 13.7. The van der Waals surface area contributed by atoms with Gasteiger partial charge in [-0.1, -0.05) is 13.8 Å². The predicted octanol–water partition coefficient (Wildman–Crippen LogP) is 3.66. The van der Waals surface area contributed by atoms with E-state index >= 15 is 0 Å². The number of aromatic carboxylic acids is 1. The van der Waals surface area contributed by atoms with E-state index in [2.05, 4.69) is 4.98 Å². The van der Waals surface area contributed by atoms with Gasteiger partial charge in [0.1, 0.15) is 23.0 Å². The van der Waals surface area contributed by atoms with Crippen LogP contribution in [0.5, 0.6) is 0 Å². The third kappa shape index (κ3) is 3.07. The largest absolute Gasteiger partial charge is 0.475 e. The molecule has 21 heavy (non-hydrogen) atoms.